The zero-order valence-corrected chi connectivity index (χ0v) is 26.5. The molecular formula is C47H32. The van der Waals surface area contributed by atoms with E-state index in [9.17, 15) is 0 Å². The highest BCUT2D eigenvalue weighted by Gasteiger charge is 2.36. The first kappa shape index (κ1) is 26.5. The highest BCUT2D eigenvalue weighted by Crippen LogP contribution is 2.51. The molecule has 220 valence electrons. The van der Waals surface area contributed by atoms with Crippen molar-refractivity contribution in [1.29, 1.82) is 0 Å². The van der Waals surface area contributed by atoms with Crippen molar-refractivity contribution in [2.24, 2.45) is 0 Å². The van der Waals surface area contributed by atoms with E-state index in [1.165, 1.54) is 99.4 Å². The quantitative estimate of drug-likeness (QED) is 0.190. The standard InChI is InChI=1S/C47H32/c1-47(2)44-27-33(29-9-4-3-5-10-29)19-21-39(44)40-22-20-34(28-45(40)47)31-15-16-32-26-35(18-17-30(32)25-31)36-23-24-43-38-12-7-6-11-37(38)42-14-8-13-41(36)46(42)43/h3-28H,1-2H3. The van der Waals surface area contributed by atoms with Crippen LogP contribution in [0.5, 0.6) is 0 Å². The molecule has 2 aliphatic carbocycles. The third kappa shape index (κ3) is 3.82. The molecule has 0 heterocycles. The third-order valence-corrected chi connectivity index (χ3v) is 10.8. The average Bonchev–Trinajstić information content (AvgIpc) is 3.57. The van der Waals surface area contributed by atoms with Gasteiger partial charge in [0.2, 0.25) is 0 Å². The highest BCUT2D eigenvalue weighted by molar-refractivity contribution is 6.18. The molecule has 8 aromatic carbocycles. The molecular weight excluding hydrogens is 565 g/mol. The molecule has 0 N–H and O–H groups in total. The van der Waals surface area contributed by atoms with Crippen LogP contribution in [0.4, 0.5) is 0 Å². The van der Waals surface area contributed by atoms with Gasteiger partial charge in [-0.2, -0.15) is 0 Å². The summed E-state index contributed by atoms with van der Waals surface area (Å²) in [5, 5.41) is 5.23. The van der Waals surface area contributed by atoms with Gasteiger partial charge in [0.25, 0.3) is 0 Å². The number of hydrogen-bond acceptors (Lipinski definition) is 0. The summed E-state index contributed by atoms with van der Waals surface area (Å²) in [7, 11) is 0. The molecule has 10 rings (SSSR count). The van der Waals surface area contributed by atoms with Crippen LogP contribution in [0.3, 0.4) is 0 Å². The minimum atomic E-state index is -0.0712. The van der Waals surface area contributed by atoms with Gasteiger partial charge in [0, 0.05) is 5.41 Å². The van der Waals surface area contributed by atoms with Gasteiger partial charge in [0.05, 0.1) is 0 Å². The Bertz CT molecular complexity index is 2550. The van der Waals surface area contributed by atoms with Crippen molar-refractivity contribution < 1.29 is 0 Å². The monoisotopic (exact) mass is 596 g/mol. The van der Waals surface area contributed by atoms with Gasteiger partial charge in [0.1, 0.15) is 0 Å². The molecule has 0 aliphatic heterocycles. The first-order valence-electron chi connectivity index (χ1n) is 16.6. The van der Waals surface area contributed by atoms with Crippen LogP contribution >= 0.6 is 0 Å². The second-order valence-electron chi connectivity index (χ2n) is 13.7. The van der Waals surface area contributed by atoms with Gasteiger partial charge in [-0.15, -0.1) is 0 Å². The minimum Gasteiger partial charge on any atom is -0.0622 e. The lowest BCUT2D eigenvalue weighted by atomic mass is 9.81. The van der Waals surface area contributed by atoms with Crippen molar-refractivity contribution in [2.75, 3.05) is 0 Å². The van der Waals surface area contributed by atoms with Crippen LogP contribution in [0.25, 0.3) is 88.3 Å². The summed E-state index contributed by atoms with van der Waals surface area (Å²) in [4.78, 5) is 0. The van der Waals surface area contributed by atoms with Gasteiger partial charge in [0.15, 0.2) is 0 Å². The SMILES string of the molecule is CC1(C)c2cc(-c3ccccc3)ccc2-c2ccc(-c3ccc4cc(-c5ccc6c7c(cccc57)-c5ccccc5-6)ccc4c3)cc21. The maximum absolute atomic E-state index is 2.43. The maximum Gasteiger partial charge on any atom is 0.0159 e. The van der Waals surface area contributed by atoms with Crippen LogP contribution in [-0.2, 0) is 5.41 Å². The molecule has 0 bridgehead atoms. The summed E-state index contributed by atoms with van der Waals surface area (Å²) in [5.74, 6) is 0. The fourth-order valence-corrected chi connectivity index (χ4v) is 8.38. The number of benzene rings is 8. The van der Waals surface area contributed by atoms with Crippen LogP contribution in [-0.4, -0.2) is 0 Å². The van der Waals surface area contributed by atoms with Crippen molar-refractivity contribution in [2.45, 2.75) is 19.3 Å². The summed E-state index contributed by atoms with van der Waals surface area (Å²) in [6, 6.07) is 58.8. The maximum atomic E-state index is 2.43. The van der Waals surface area contributed by atoms with E-state index in [0.29, 0.717) is 0 Å². The van der Waals surface area contributed by atoms with Crippen LogP contribution < -0.4 is 0 Å². The molecule has 0 saturated heterocycles. The van der Waals surface area contributed by atoms with E-state index in [1.807, 2.05) is 0 Å². The predicted molar refractivity (Wildman–Crippen MR) is 200 cm³/mol. The normalized spacial score (nSPS) is 13.5. The second-order valence-corrected chi connectivity index (χ2v) is 13.7. The zero-order valence-electron chi connectivity index (χ0n) is 26.5. The first-order chi connectivity index (χ1) is 23.0. The number of fused-ring (bicyclic) bond motifs is 7. The molecule has 47 heavy (non-hydrogen) atoms. The Morgan fingerprint density at radius 2 is 0.809 bits per heavy atom. The van der Waals surface area contributed by atoms with Crippen LogP contribution in [0.15, 0.2) is 158 Å². The third-order valence-electron chi connectivity index (χ3n) is 10.8. The average molecular weight is 597 g/mol. The van der Waals surface area contributed by atoms with Crippen LogP contribution in [0.2, 0.25) is 0 Å². The second kappa shape index (κ2) is 9.64. The van der Waals surface area contributed by atoms with E-state index in [4.69, 9.17) is 0 Å². The van der Waals surface area contributed by atoms with E-state index in [2.05, 4.69) is 172 Å². The Labute approximate surface area is 275 Å². The minimum absolute atomic E-state index is 0.0712. The Morgan fingerprint density at radius 3 is 1.51 bits per heavy atom. The lowest BCUT2D eigenvalue weighted by molar-refractivity contribution is 0.661. The van der Waals surface area contributed by atoms with Crippen molar-refractivity contribution in [1.82, 2.24) is 0 Å². The van der Waals surface area contributed by atoms with Crippen molar-refractivity contribution in [3.8, 4) is 66.8 Å². The van der Waals surface area contributed by atoms with Crippen molar-refractivity contribution >= 4 is 21.5 Å². The molecule has 0 atom stereocenters. The van der Waals surface area contributed by atoms with E-state index < -0.39 is 0 Å². The van der Waals surface area contributed by atoms with Gasteiger partial charge < -0.3 is 0 Å². The lowest BCUT2D eigenvalue weighted by Crippen LogP contribution is -2.15. The van der Waals surface area contributed by atoms with E-state index >= 15 is 0 Å². The Morgan fingerprint density at radius 1 is 0.319 bits per heavy atom. The number of rotatable bonds is 3. The molecule has 0 nitrogen and oxygen atoms in total. The van der Waals surface area contributed by atoms with Crippen molar-refractivity contribution in [3.63, 3.8) is 0 Å². The summed E-state index contributed by atoms with van der Waals surface area (Å²) in [5.41, 5.74) is 18.4. The Balaban J connectivity index is 1.02. The molecule has 0 unspecified atom stereocenters. The summed E-state index contributed by atoms with van der Waals surface area (Å²) < 4.78 is 0. The van der Waals surface area contributed by atoms with Crippen LogP contribution in [0.1, 0.15) is 25.0 Å². The smallest absolute Gasteiger partial charge is 0.0159 e. The summed E-state index contributed by atoms with van der Waals surface area (Å²) >= 11 is 0. The highest BCUT2D eigenvalue weighted by atomic mass is 14.4. The van der Waals surface area contributed by atoms with Gasteiger partial charge in [-0.05, 0) is 124 Å². The molecule has 0 spiro atoms. The molecule has 8 aromatic rings. The van der Waals surface area contributed by atoms with Gasteiger partial charge >= 0.3 is 0 Å². The molecule has 0 radical (unpaired) electrons. The molecule has 0 heteroatoms. The molecule has 0 saturated carbocycles. The molecule has 0 fully saturated rings. The van der Waals surface area contributed by atoms with E-state index in [-0.39, 0.29) is 5.41 Å². The fraction of sp³-hybridized carbons (Fsp3) is 0.0638. The summed E-state index contributed by atoms with van der Waals surface area (Å²) in [6.45, 7) is 4.74. The van der Waals surface area contributed by atoms with E-state index in [0.717, 1.165) is 0 Å². The molecule has 2 aliphatic rings. The predicted octanol–water partition coefficient (Wildman–Crippen LogP) is 12.9. The largest absolute Gasteiger partial charge is 0.0622 e. The lowest BCUT2D eigenvalue weighted by Gasteiger charge is -2.22. The van der Waals surface area contributed by atoms with Crippen LogP contribution in [0, 0.1) is 0 Å². The van der Waals surface area contributed by atoms with E-state index in [1.54, 1.807) is 0 Å². The molecule has 0 amide bonds. The Hall–Kier alpha value is -5.72. The van der Waals surface area contributed by atoms with Gasteiger partial charge in [-0.25, -0.2) is 0 Å². The fourth-order valence-electron chi connectivity index (χ4n) is 8.38. The Kier molecular flexibility index (Phi) is 5.44. The summed E-state index contributed by atoms with van der Waals surface area (Å²) in [6.07, 6.45) is 0. The van der Waals surface area contributed by atoms with Gasteiger partial charge in [-0.1, -0.05) is 147 Å². The number of hydrogen-bond donors (Lipinski definition) is 0. The van der Waals surface area contributed by atoms with Gasteiger partial charge in [-0.3, -0.25) is 0 Å². The molecule has 0 aromatic heterocycles. The zero-order chi connectivity index (χ0) is 31.3. The van der Waals surface area contributed by atoms with Crippen molar-refractivity contribution in [3.05, 3.63) is 169 Å². The topological polar surface area (TPSA) is 0 Å². The first-order valence-corrected chi connectivity index (χ1v) is 16.6.